The van der Waals surface area contributed by atoms with Gasteiger partial charge < -0.3 is 9.15 Å². The lowest BCUT2D eigenvalue weighted by Crippen LogP contribution is -2.12. The van der Waals surface area contributed by atoms with Crippen LogP contribution < -0.4 is 10.1 Å². The third kappa shape index (κ3) is 5.40. The van der Waals surface area contributed by atoms with Gasteiger partial charge in [-0.25, -0.2) is 14.1 Å². The van der Waals surface area contributed by atoms with E-state index in [4.69, 9.17) is 9.15 Å². The molecule has 4 aromatic rings. The van der Waals surface area contributed by atoms with E-state index in [-0.39, 0.29) is 24.1 Å². The van der Waals surface area contributed by atoms with Crippen LogP contribution in [0.1, 0.15) is 47.2 Å². The van der Waals surface area contributed by atoms with Gasteiger partial charge in [-0.15, -0.1) is 5.10 Å². The largest absolute Gasteiger partial charge is 0.486 e. The van der Waals surface area contributed by atoms with Crippen molar-refractivity contribution in [2.45, 2.75) is 32.9 Å². The van der Waals surface area contributed by atoms with Crippen LogP contribution in [0, 0.1) is 5.82 Å². The Morgan fingerprint density at radius 3 is 2.56 bits per heavy atom. The zero-order chi connectivity index (χ0) is 22.5. The maximum Gasteiger partial charge on any atom is 0.293 e. The second-order valence-electron chi connectivity index (χ2n) is 7.62. The van der Waals surface area contributed by atoms with E-state index in [1.807, 2.05) is 24.3 Å². The van der Waals surface area contributed by atoms with Crippen LogP contribution in [-0.4, -0.2) is 20.7 Å². The summed E-state index contributed by atoms with van der Waals surface area (Å²) < 4.78 is 25.9. The number of ether oxygens (including phenoxy) is 1. The summed E-state index contributed by atoms with van der Waals surface area (Å²) >= 11 is 0. The molecule has 7 nitrogen and oxygen atoms in total. The van der Waals surface area contributed by atoms with Gasteiger partial charge in [0.15, 0.2) is 5.76 Å². The van der Waals surface area contributed by atoms with Crippen molar-refractivity contribution in [2.75, 3.05) is 5.32 Å². The monoisotopic (exact) mass is 434 g/mol. The molecule has 0 unspecified atom stereocenters. The number of rotatable bonds is 8. The highest BCUT2D eigenvalue weighted by atomic mass is 19.1. The number of hydrogen-bond acceptors (Lipinski definition) is 5. The molecule has 0 atom stereocenters. The van der Waals surface area contributed by atoms with Crippen LogP contribution in [0.25, 0.3) is 0 Å². The van der Waals surface area contributed by atoms with Gasteiger partial charge in [-0.3, -0.25) is 10.1 Å². The molecule has 0 aliphatic carbocycles. The molecule has 0 radical (unpaired) electrons. The summed E-state index contributed by atoms with van der Waals surface area (Å²) in [5, 5.41) is 6.81. The summed E-state index contributed by atoms with van der Waals surface area (Å²) in [6, 6.07) is 17.3. The average molecular weight is 434 g/mol. The Hall–Kier alpha value is -3.94. The lowest BCUT2D eigenvalue weighted by Gasteiger charge is -2.07. The SMILES string of the molecule is CC(C)c1ccc(OCc2ccc(C(=O)Nc3ncn(Cc4ccc(F)cc4)n3)o2)cc1. The first-order valence-electron chi connectivity index (χ1n) is 10.2. The molecular weight excluding hydrogens is 411 g/mol. The van der Waals surface area contributed by atoms with Gasteiger partial charge in [0, 0.05) is 0 Å². The molecular formula is C24H23FN4O3. The van der Waals surface area contributed by atoms with Crippen molar-refractivity contribution in [2.24, 2.45) is 0 Å². The van der Waals surface area contributed by atoms with Crippen molar-refractivity contribution in [3.8, 4) is 5.75 Å². The molecule has 2 heterocycles. The number of hydrogen-bond donors (Lipinski definition) is 1. The number of nitrogens with one attached hydrogen (secondary N) is 1. The van der Waals surface area contributed by atoms with Crippen LogP contribution in [0.5, 0.6) is 5.75 Å². The minimum Gasteiger partial charge on any atom is -0.486 e. The Morgan fingerprint density at radius 2 is 1.84 bits per heavy atom. The predicted octanol–water partition coefficient (Wildman–Crippen LogP) is 5.01. The Morgan fingerprint density at radius 1 is 1.09 bits per heavy atom. The molecule has 8 heteroatoms. The zero-order valence-corrected chi connectivity index (χ0v) is 17.8. The fourth-order valence-corrected chi connectivity index (χ4v) is 3.05. The Bertz CT molecular complexity index is 1180. The van der Waals surface area contributed by atoms with Gasteiger partial charge in [0.2, 0.25) is 5.95 Å². The van der Waals surface area contributed by atoms with Crippen molar-refractivity contribution in [1.29, 1.82) is 0 Å². The molecule has 0 spiro atoms. The maximum atomic E-state index is 13.0. The lowest BCUT2D eigenvalue weighted by atomic mass is 10.0. The summed E-state index contributed by atoms with van der Waals surface area (Å²) in [5.74, 6) is 1.24. The van der Waals surface area contributed by atoms with Crippen molar-refractivity contribution < 1.29 is 18.3 Å². The molecule has 4 rings (SSSR count). The normalized spacial score (nSPS) is 11.0. The number of furan rings is 1. The van der Waals surface area contributed by atoms with Crippen molar-refractivity contribution in [1.82, 2.24) is 14.8 Å². The molecule has 32 heavy (non-hydrogen) atoms. The summed E-state index contributed by atoms with van der Waals surface area (Å²) in [4.78, 5) is 16.5. The summed E-state index contributed by atoms with van der Waals surface area (Å²) in [6.45, 7) is 4.88. The fraction of sp³-hybridized carbons (Fsp3) is 0.208. The van der Waals surface area contributed by atoms with Crippen LogP contribution >= 0.6 is 0 Å². The van der Waals surface area contributed by atoms with Gasteiger partial charge in [0.1, 0.15) is 30.3 Å². The van der Waals surface area contributed by atoms with Crippen molar-refractivity contribution in [3.05, 3.63) is 95.5 Å². The number of aromatic nitrogens is 3. The minimum atomic E-state index is -0.461. The number of anilines is 1. The first-order chi connectivity index (χ1) is 15.5. The molecule has 1 amide bonds. The van der Waals surface area contributed by atoms with Gasteiger partial charge >= 0.3 is 0 Å². The van der Waals surface area contributed by atoms with E-state index in [0.717, 1.165) is 11.3 Å². The molecule has 0 saturated heterocycles. The average Bonchev–Trinajstić information content (AvgIpc) is 3.44. The van der Waals surface area contributed by atoms with E-state index >= 15 is 0 Å². The number of benzene rings is 2. The number of amides is 1. The molecule has 0 aliphatic rings. The third-order valence-corrected chi connectivity index (χ3v) is 4.83. The van der Waals surface area contributed by atoms with Gasteiger partial charge in [-0.1, -0.05) is 38.1 Å². The first kappa shape index (κ1) is 21.3. The van der Waals surface area contributed by atoms with Gasteiger partial charge in [0.05, 0.1) is 6.54 Å². The fourth-order valence-electron chi connectivity index (χ4n) is 3.05. The van der Waals surface area contributed by atoms with E-state index in [2.05, 4.69) is 29.2 Å². The maximum absolute atomic E-state index is 13.0. The Labute approximate surface area is 184 Å². The van der Waals surface area contributed by atoms with Crippen LogP contribution in [0.2, 0.25) is 0 Å². The first-order valence-corrected chi connectivity index (χ1v) is 10.2. The lowest BCUT2D eigenvalue weighted by molar-refractivity contribution is 0.0991. The van der Waals surface area contributed by atoms with E-state index in [9.17, 15) is 9.18 Å². The van der Waals surface area contributed by atoms with E-state index < -0.39 is 5.91 Å². The van der Waals surface area contributed by atoms with Crippen molar-refractivity contribution >= 4 is 11.9 Å². The highest BCUT2D eigenvalue weighted by Crippen LogP contribution is 2.20. The van der Waals surface area contributed by atoms with Gasteiger partial charge in [-0.2, -0.15) is 0 Å². The van der Waals surface area contributed by atoms with Crippen molar-refractivity contribution in [3.63, 3.8) is 0 Å². The topological polar surface area (TPSA) is 82.2 Å². The summed E-state index contributed by atoms with van der Waals surface area (Å²) in [6.07, 6.45) is 1.49. The van der Waals surface area contributed by atoms with Gasteiger partial charge in [-0.05, 0) is 53.4 Å². The standard InChI is InChI=1S/C24H23FN4O3/c1-16(2)18-5-9-20(10-6-18)31-14-21-11-12-22(32-21)23(30)27-24-26-15-29(28-24)13-17-3-7-19(25)8-4-17/h3-12,15-16H,13-14H2,1-2H3,(H,27,28,30). The third-order valence-electron chi connectivity index (χ3n) is 4.83. The number of carbonyl (C=O) groups excluding carboxylic acids is 1. The summed E-state index contributed by atoms with van der Waals surface area (Å²) in [7, 11) is 0. The van der Waals surface area contributed by atoms with E-state index in [1.165, 1.54) is 24.0 Å². The summed E-state index contributed by atoms with van der Waals surface area (Å²) in [5.41, 5.74) is 2.10. The highest BCUT2D eigenvalue weighted by Gasteiger charge is 2.14. The zero-order valence-electron chi connectivity index (χ0n) is 17.8. The number of nitrogens with zero attached hydrogens (tertiary/aromatic N) is 3. The highest BCUT2D eigenvalue weighted by molar-refractivity contribution is 6.01. The number of carbonyl (C=O) groups is 1. The molecule has 0 fully saturated rings. The molecule has 164 valence electrons. The van der Waals surface area contributed by atoms with Crippen LogP contribution in [0.3, 0.4) is 0 Å². The smallest absolute Gasteiger partial charge is 0.293 e. The van der Waals surface area contributed by atoms with Crippen LogP contribution in [0.15, 0.2) is 71.4 Å². The predicted molar refractivity (Wildman–Crippen MR) is 117 cm³/mol. The second kappa shape index (κ2) is 9.47. The van der Waals surface area contributed by atoms with E-state index in [0.29, 0.717) is 18.2 Å². The van der Waals surface area contributed by atoms with E-state index in [1.54, 1.807) is 28.9 Å². The van der Waals surface area contributed by atoms with Crippen LogP contribution in [-0.2, 0) is 13.2 Å². The quantitative estimate of drug-likeness (QED) is 0.421. The molecule has 2 aromatic carbocycles. The molecule has 1 N–H and O–H groups in total. The molecule has 2 aromatic heterocycles. The van der Waals surface area contributed by atoms with Crippen LogP contribution in [0.4, 0.5) is 10.3 Å². The van der Waals surface area contributed by atoms with Gasteiger partial charge in [0.25, 0.3) is 5.91 Å². The molecule has 0 bridgehead atoms. The molecule has 0 aliphatic heterocycles. The number of halogens is 1. The Kier molecular flexibility index (Phi) is 6.30. The minimum absolute atomic E-state index is 0.133. The Balaban J connectivity index is 1.31. The second-order valence-corrected chi connectivity index (χ2v) is 7.62. The molecule has 0 saturated carbocycles.